The number of H-pyrrole nitrogens is 1. The van der Waals surface area contributed by atoms with Crippen molar-refractivity contribution < 1.29 is 24.5 Å². The number of hydrogen-bond donors (Lipinski definition) is 3. The van der Waals surface area contributed by atoms with Crippen molar-refractivity contribution in [3.8, 4) is 5.75 Å². The molecule has 1 fully saturated rings. The number of ether oxygens (including phenoxy) is 2. The lowest BCUT2D eigenvalue weighted by molar-refractivity contribution is 0.0535. The molecular weight excluding hydrogens is 456 g/mol. The molecule has 0 saturated heterocycles. The quantitative estimate of drug-likeness (QED) is 0.461. The predicted molar refractivity (Wildman–Crippen MR) is 129 cm³/mol. The van der Waals surface area contributed by atoms with Crippen molar-refractivity contribution in [2.24, 2.45) is 5.92 Å². The normalized spacial score (nSPS) is 18.9. The number of carbonyl (C=O) groups is 1. The average molecular weight is 485 g/mol. The van der Waals surface area contributed by atoms with Gasteiger partial charge in [0.15, 0.2) is 0 Å². The zero-order valence-electron chi connectivity index (χ0n) is 18.9. The van der Waals surface area contributed by atoms with Gasteiger partial charge in [0.2, 0.25) is 0 Å². The van der Waals surface area contributed by atoms with Gasteiger partial charge in [-0.05, 0) is 66.6 Å². The highest BCUT2D eigenvalue weighted by Gasteiger charge is 2.36. The van der Waals surface area contributed by atoms with Crippen LogP contribution >= 0.6 is 11.6 Å². The fraction of sp³-hybridized carbons (Fsp3) is 0.423. The van der Waals surface area contributed by atoms with Crippen LogP contribution in [0.25, 0.3) is 10.9 Å². The van der Waals surface area contributed by atoms with Gasteiger partial charge in [-0.25, -0.2) is 4.79 Å². The van der Waals surface area contributed by atoms with Crippen molar-refractivity contribution in [3.63, 3.8) is 0 Å². The standard InChI is InChI=1S/C26H29ClN2O5/c27-18-6-9-23-22(12-18)21-10-11-29(26(32)34-14-16-2-1-3-16)25(24(21)28-23)17-4-7-20(8-5-17)33-15-19(31)13-30/h4-9,12,16,19,25,28,30-31H,1-3,10-11,13-15H2. The molecular formula is C26H29ClN2O5. The monoisotopic (exact) mass is 484 g/mol. The second-order valence-corrected chi connectivity index (χ2v) is 9.58. The molecule has 34 heavy (non-hydrogen) atoms. The first-order valence-electron chi connectivity index (χ1n) is 11.8. The fourth-order valence-corrected chi connectivity index (χ4v) is 4.90. The molecule has 1 saturated carbocycles. The van der Waals surface area contributed by atoms with Crippen molar-refractivity contribution in [1.82, 2.24) is 9.88 Å². The Kier molecular flexibility index (Phi) is 6.68. The first kappa shape index (κ1) is 23.0. The molecule has 2 aliphatic rings. The number of halogens is 1. The molecule has 8 heteroatoms. The van der Waals surface area contributed by atoms with E-state index in [9.17, 15) is 9.90 Å². The van der Waals surface area contributed by atoms with E-state index < -0.39 is 6.10 Å². The van der Waals surface area contributed by atoms with Gasteiger partial charge < -0.3 is 24.7 Å². The van der Waals surface area contributed by atoms with E-state index in [0.29, 0.717) is 36.3 Å². The average Bonchev–Trinajstić information content (AvgIpc) is 3.19. The number of aliphatic hydroxyl groups excluding tert-OH is 2. The third kappa shape index (κ3) is 4.60. The van der Waals surface area contributed by atoms with Gasteiger partial charge in [-0.1, -0.05) is 30.2 Å². The summed E-state index contributed by atoms with van der Waals surface area (Å²) >= 11 is 6.27. The Morgan fingerprint density at radius 2 is 2.00 bits per heavy atom. The molecule has 2 aromatic carbocycles. The summed E-state index contributed by atoms with van der Waals surface area (Å²) < 4.78 is 11.3. The summed E-state index contributed by atoms with van der Waals surface area (Å²) in [4.78, 5) is 18.5. The lowest BCUT2D eigenvalue weighted by Gasteiger charge is -2.36. The molecule has 180 valence electrons. The maximum Gasteiger partial charge on any atom is 0.410 e. The molecule has 5 rings (SSSR count). The molecule has 1 amide bonds. The van der Waals surface area contributed by atoms with Crippen molar-refractivity contribution in [3.05, 3.63) is 64.3 Å². The largest absolute Gasteiger partial charge is 0.491 e. The van der Waals surface area contributed by atoms with E-state index in [2.05, 4.69) is 4.98 Å². The van der Waals surface area contributed by atoms with E-state index in [4.69, 9.17) is 26.2 Å². The van der Waals surface area contributed by atoms with Crippen LogP contribution in [0, 0.1) is 5.92 Å². The van der Waals surface area contributed by atoms with Crippen LogP contribution < -0.4 is 4.74 Å². The van der Waals surface area contributed by atoms with Crippen molar-refractivity contribution >= 4 is 28.6 Å². The molecule has 2 unspecified atom stereocenters. The molecule has 7 nitrogen and oxygen atoms in total. The number of aliphatic hydroxyl groups is 2. The first-order chi connectivity index (χ1) is 16.5. The molecule has 0 radical (unpaired) electrons. The minimum absolute atomic E-state index is 0.00577. The Bertz CT molecular complexity index is 1160. The number of carbonyl (C=O) groups excluding carboxylic acids is 1. The number of hydrogen-bond acceptors (Lipinski definition) is 5. The maximum atomic E-state index is 13.2. The number of rotatable bonds is 7. The Labute approximate surface area is 203 Å². The smallest absolute Gasteiger partial charge is 0.410 e. The minimum Gasteiger partial charge on any atom is -0.491 e. The molecule has 1 aliphatic heterocycles. The summed E-state index contributed by atoms with van der Waals surface area (Å²) in [5, 5.41) is 20.3. The highest BCUT2D eigenvalue weighted by molar-refractivity contribution is 6.31. The molecule has 3 N–H and O–H groups in total. The van der Waals surface area contributed by atoms with E-state index in [-0.39, 0.29) is 25.3 Å². The SMILES string of the molecule is O=C(OCC1CCC1)N1CCc2c([nH]c3ccc(Cl)cc23)C1c1ccc(OCC(O)CO)cc1. The summed E-state index contributed by atoms with van der Waals surface area (Å²) in [6, 6.07) is 12.9. The third-order valence-corrected chi connectivity index (χ3v) is 7.07. The predicted octanol–water partition coefficient (Wildman–Crippen LogP) is 4.44. The Hall–Kier alpha value is -2.74. The van der Waals surface area contributed by atoms with Crippen LogP contribution in [0.4, 0.5) is 4.79 Å². The summed E-state index contributed by atoms with van der Waals surface area (Å²) in [5.74, 6) is 1.05. The Morgan fingerprint density at radius 3 is 2.71 bits per heavy atom. The molecule has 2 atom stereocenters. The molecule has 1 aromatic heterocycles. The van der Waals surface area contributed by atoms with E-state index in [1.54, 1.807) is 4.90 Å². The van der Waals surface area contributed by atoms with Gasteiger partial charge in [0.05, 0.1) is 13.2 Å². The molecule has 3 aromatic rings. The number of aromatic amines is 1. The van der Waals surface area contributed by atoms with Gasteiger partial charge in [0.1, 0.15) is 24.5 Å². The topological polar surface area (TPSA) is 95.0 Å². The van der Waals surface area contributed by atoms with Crippen LogP contribution in [0.15, 0.2) is 42.5 Å². The summed E-state index contributed by atoms with van der Waals surface area (Å²) in [6.45, 7) is 0.663. The van der Waals surface area contributed by atoms with Crippen molar-refractivity contribution in [2.75, 3.05) is 26.4 Å². The van der Waals surface area contributed by atoms with Crippen LogP contribution in [0.2, 0.25) is 5.02 Å². The van der Waals surface area contributed by atoms with Gasteiger partial charge in [-0.2, -0.15) is 0 Å². The van der Waals surface area contributed by atoms with Crippen molar-refractivity contribution in [1.29, 1.82) is 0 Å². The Morgan fingerprint density at radius 1 is 1.21 bits per heavy atom. The van der Waals surface area contributed by atoms with Crippen LogP contribution in [0.5, 0.6) is 5.75 Å². The maximum absolute atomic E-state index is 13.2. The van der Waals surface area contributed by atoms with E-state index in [1.165, 1.54) is 6.42 Å². The molecule has 1 aliphatic carbocycles. The molecule has 0 spiro atoms. The minimum atomic E-state index is -0.931. The van der Waals surface area contributed by atoms with Crippen LogP contribution in [0.3, 0.4) is 0 Å². The number of benzene rings is 2. The Balaban J connectivity index is 1.45. The van der Waals surface area contributed by atoms with Gasteiger partial charge in [-0.3, -0.25) is 4.90 Å². The summed E-state index contributed by atoms with van der Waals surface area (Å²) in [5.41, 5.74) is 4.04. The molecule has 0 bridgehead atoms. The highest BCUT2D eigenvalue weighted by Crippen LogP contribution is 2.40. The number of fused-ring (bicyclic) bond motifs is 3. The van der Waals surface area contributed by atoms with Crippen LogP contribution in [-0.2, 0) is 11.2 Å². The second kappa shape index (κ2) is 9.86. The molecule has 2 heterocycles. The van der Waals surface area contributed by atoms with Gasteiger partial charge in [0.25, 0.3) is 0 Å². The number of nitrogens with one attached hydrogen (secondary N) is 1. The number of aromatic nitrogens is 1. The van der Waals surface area contributed by atoms with E-state index in [1.807, 2.05) is 42.5 Å². The van der Waals surface area contributed by atoms with E-state index >= 15 is 0 Å². The zero-order chi connectivity index (χ0) is 23.7. The summed E-state index contributed by atoms with van der Waals surface area (Å²) in [6.07, 6.45) is 2.93. The lowest BCUT2D eigenvalue weighted by atomic mass is 9.86. The highest BCUT2D eigenvalue weighted by atomic mass is 35.5. The van der Waals surface area contributed by atoms with Gasteiger partial charge in [-0.15, -0.1) is 0 Å². The van der Waals surface area contributed by atoms with Gasteiger partial charge in [0, 0.05) is 28.2 Å². The summed E-state index contributed by atoms with van der Waals surface area (Å²) in [7, 11) is 0. The fourth-order valence-electron chi connectivity index (χ4n) is 4.73. The van der Waals surface area contributed by atoms with E-state index in [0.717, 1.165) is 40.6 Å². The lowest BCUT2D eigenvalue weighted by Crippen LogP contribution is -2.41. The van der Waals surface area contributed by atoms with Gasteiger partial charge >= 0.3 is 6.09 Å². The number of nitrogens with zero attached hydrogens (tertiary/aromatic N) is 1. The van der Waals surface area contributed by atoms with Crippen LogP contribution in [0.1, 0.15) is 42.1 Å². The first-order valence-corrected chi connectivity index (χ1v) is 12.2. The third-order valence-electron chi connectivity index (χ3n) is 6.84. The van der Waals surface area contributed by atoms with Crippen molar-refractivity contribution in [2.45, 2.75) is 37.8 Å². The second-order valence-electron chi connectivity index (χ2n) is 9.14. The van der Waals surface area contributed by atoms with Crippen LogP contribution in [-0.4, -0.2) is 58.7 Å². The zero-order valence-corrected chi connectivity index (χ0v) is 19.6. The number of amides is 1.